The number of benzene rings is 1. The van der Waals surface area contributed by atoms with E-state index in [1.165, 1.54) is 23.1 Å². The van der Waals surface area contributed by atoms with Gasteiger partial charge in [0, 0.05) is 5.56 Å². The molecule has 4 rings (SSSR count). The second-order valence-electron chi connectivity index (χ2n) is 5.89. The highest BCUT2D eigenvalue weighted by molar-refractivity contribution is 7.99. The number of nitrogens with zero attached hydrogens (tertiary/aromatic N) is 6. The summed E-state index contributed by atoms with van der Waals surface area (Å²) in [5.41, 5.74) is 2.27. The minimum absolute atomic E-state index is 0.160. The first-order valence-electron chi connectivity index (χ1n) is 8.78. The molecule has 0 saturated carbocycles. The van der Waals surface area contributed by atoms with Crippen LogP contribution < -0.4 is 10.1 Å². The van der Waals surface area contributed by atoms with Crippen LogP contribution in [0.1, 0.15) is 11.9 Å². The third kappa shape index (κ3) is 4.35. The average molecular weight is 428 g/mol. The first-order valence-corrected chi connectivity index (χ1v) is 10.6. The number of aryl methyl sites for hydroxylation is 1. The van der Waals surface area contributed by atoms with Crippen LogP contribution in [0.15, 0.2) is 41.6 Å². The average Bonchev–Trinajstić information content (AvgIpc) is 3.38. The molecule has 0 aliphatic carbocycles. The van der Waals surface area contributed by atoms with Crippen molar-refractivity contribution in [1.29, 1.82) is 0 Å². The number of nitrogens with one attached hydrogen (secondary N) is 1. The van der Waals surface area contributed by atoms with Crippen molar-refractivity contribution in [3.05, 3.63) is 41.4 Å². The quantitative estimate of drug-likeness (QED) is 0.449. The Hall–Kier alpha value is -3.05. The number of carbonyl (C=O) groups excluding carboxylic acids is 1. The van der Waals surface area contributed by atoms with Crippen molar-refractivity contribution in [2.45, 2.75) is 18.5 Å². The van der Waals surface area contributed by atoms with Gasteiger partial charge in [-0.15, -0.1) is 20.4 Å². The van der Waals surface area contributed by atoms with Gasteiger partial charge in [-0.3, -0.25) is 10.1 Å². The van der Waals surface area contributed by atoms with Crippen molar-refractivity contribution in [2.75, 3.05) is 18.2 Å². The van der Waals surface area contributed by atoms with E-state index in [9.17, 15) is 4.79 Å². The number of methoxy groups -OCH3 is 1. The first-order chi connectivity index (χ1) is 14.2. The standard InChI is InChI=1S/C18H17N7O2S2/c1-3-16-21-22-17(29-16)19-15(26)10-28-18-23-20-14-8-7-13(24-25(14)18)11-5-4-6-12(9-11)27-2/h4-9H,3,10H2,1-2H3,(H,19,22,26). The van der Waals surface area contributed by atoms with Gasteiger partial charge in [-0.1, -0.05) is 42.2 Å². The van der Waals surface area contributed by atoms with Crippen molar-refractivity contribution in [3.63, 3.8) is 0 Å². The first kappa shape index (κ1) is 19.3. The third-order valence-electron chi connectivity index (χ3n) is 3.95. The second-order valence-corrected chi connectivity index (χ2v) is 7.90. The molecule has 0 unspecified atom stereocenters. The molecular formula is C18H17N7O2S2. The molecular weight excluding hydrogens is 410 g/mol. The molecule has 9 nitrogen and oxygen atoms in total. The Morgan fingerprint density at radius 1 is 1.21 bits per heavy atom. The van der Waals surface area contributed by atoms with E-state index in [0.717, 1.165) is 28.4 Å². The van der Waals surface area contributed by atoms with Gasteiger partial charge in [0.05, 0.1) is 18.6 Å². The summed E-state index contributed by atoms with van der Waals surface area (Å²) < 4.78 is 6.91. The van der Waals surface area contributed by atoms with Crippen LogP contribution in [0.3, 0.4) is 0 Å². The van der Waals surface area contributed by atoms with E-state index in [4.69, 9.17) is 4.74 Å². The van der Waals surface area contributed by atoms with Gasteiger partial charge in [-0.2, -0.15) is 9.61 Å². The van der Waals surface area contributed by atoms with Crippen LogP contribution in [0.2, 0.25) is 0 Å². The third-order valence-corrected chi connectivity index (χ3v) is 5.85. The van der Waals surface area contributed by atoms with Gasteiger partial charge in [-0.05, 0) is 30.7 Å². The summed E-state index contributed by atoms with van der Waals surface area (Å²) in [5, 5.41) is 25.5. The number of hydrogen-bond donors (Lipinski definition) is 1. The molecule has 29 heavy (non-hydrogen) atoms. The van der Waals surface area contributed by atoms with E-state index in [1.807, 2.05) is 43.3 Å². The summed E-state index contributed by atoms with van der Waals surface area (Å²) in [7, 11) is 1.63. The molecule has 3 heterocycles. The number of amides is 1. The normalized spacial score (nSPS) is 11.0. The highest BCUT2D eigenvalue weighted by Gasteiger charge is 2.13. The van der Waals surface area contributed by atoms with Crippen molar-refractivity contribution < 1.29 is 9.53 Å². The Morgan fingerprint density at radius 3 is 2.90 bits per heavy atom. The van der Waals surface area contributed by atoms with Gasteiger partial charge in [-0.25, -0.2) is 0 Å². The molecule has 0 atom stereocenters. The van der Waals surface area contributed by atoms with Crippen LogP contribution in [-0.2, 0) is 11.2 Å². The maximum absolute atomic E-state index is 12.2. The van der Waals surface area contributed by atoms with Crippen molar-refractivity contribution in [1.82, 2.24) is 30.0 Å². The summed E-state index contributed by atoms with van der Waals surface area (Å²) in [6.07, 6.45) is 0.787. The highest BCUT2D eigenvalue weighted by Crippen LogP contribution is 2.24. The van der Waals surface area contributed by atoms with Gasteiger partial charge < -0.3 is 4.74 Å². The van der Waals surface area contributed by atoms with Crippen LogP contribution in [0.5, 0.6) is 5.75 Å². The van der Waals surface area contributed by atoms with Gasteiger partial charge in [0.2, 0.25) is 16.2 Å². The summed E-state index contributed by atoms with van der Waals surface area (Å²) in [4.78, 5) is 12.2. The Bertz CT molecular complexity index is 1160. The zero-order chi connectivity index (χ0) is 20.2. The molecule has 0 aliphatic rings. The fraction of sp³-hybridized carbons (Fsp3) is 0.222. The van der Waals surface area contributed by atoms with Crippen LogP contribution in [-0.4, -0.2) is 48.8 Å². The molecule has 4 aromatic rings. The molecule has 0 fully saturated rings. The molecule has 0 radical (unpaired) electrons. The topological polar surface area (TPSA) is 107 Å². The van der Waals surface area contributed by atoms with Gasteiger partial charge in [0.15, 0.2) is 5.65 Å². The number of ether oxygens (including phenoxy) is 1. The molecule has 1 amide bonds. The van der Waals surface area contributed by atoms with Gasteiger partial charge in [0.25, 0.3) is 0 Å². The smallest absolute Gasteiger partial charge is 0.236 e. The van der Waals surface area contributed by atoms with E-state index in [1.54, 1.807) is 11.6 Å². The second kappa shape index (κ2) is 8.53. The van der Waals surface area contributed by atoms with Gasteiger partial charge in [0.1, 0.15) is 10.8 Å². The fourth-order valence-corrected chi connectivity index (χ4v) is 3.91. The van der Waals surface area contributed by atoms with Crippen molar-refractivity contribution >= 4 is 39.8 Å². The molecule has 0 bridgehead atoms. The SMILES string of the molecule is CCc1nnc(NC(=O)CSc2nnc3ccc(-c4cccc(OC)c4)nn23)s1. The lowest BCUT2D eigenvalue weighted by molar-refractivity contribution is -0.113. The number of carbonyl (C=O) groups is 1. The monoisotopic (exact) mass is 427 g/mol. The Morgan fingerprint density at radius 2 is 2.10 bits per heavy atom. The summed E-state index contributed by atoms with van der Waals surface area (Å²) >= 11 is 2.63. The van der Waals surface area contributed by atoms with E-state index in [2.05, 4.69) is 30.8 Å². The minimum Gasteiger partial charge on any atom is -0.497 e. The van der Waals surface area contributed by atoms with Crippen LogP contribution >= 0.6 is 23.1 Å². The van der Waals surface area contributed by atoms with Crippen LogP contribution in [0.25, 0.3) is 16.9 Å². The number of rotatable bonds is 7. The Labute approximate surface area is 174 Å². The summed E-state index contributed by atoms with van der Waals surface area (Å²) in [6.45, 7) is 1.99. The summed E-state index contributed by atoms with van der Waals surface area (Å²) in [6, 6.07) is 11.4. The number of anilines is 1. The lowest BCUT2D eigenvalue weighted by Crippen LogP contribution is -2.14. The number of fused-ring (bicyclic) bond motifs is 1. The van der Waals surface area contributed by atoms with Crippen LogP contribution in [0, 0.1) is 0 Å². The van der Waals surface area contributed by atoms with E-state index >= 15 is 0 Å². The van der Waals surface area contributed by atoms with Crippen molar-refractivity contribution in [3.8, 4) is 17.0 Å². The molecule has 1 aromatic carbocycles. The zero-order valence-electron chi connectivity index (χ0n) is 15.7. The molecule has 0 saturated heterocycles. The number of thioether (sulfide) groups is 1. The maximum Gasteiger partial charge on any atom is 0.236 e. The van der Waals surface area contributed by atoms with Gasteiger partial charge >= 0.3 is 0 Å². The molecule has 1 N–H and O–H groups in total. The van der Waals surface area contributed by atoms with E-state index in [0.29, 0.717) is 15.9 Å². The highest BCUT2D eigenvalue weighted by atomic mass is 32.2. The minimum atomic E-state index is -0.186. The lowest BCUT2D eigenvalue weighted by atomic mass is 10.1. The van der Waals surface area contributed by atoms with Crippen molar-refractivity contribution in [2.24, 2.45) is 0 Å². The van der Waals surface area contributed by atoms with E-state index in [-0.39, 0.29) is 11.7 Å². The predicted molar refractivity (Wildman–Crippen MR) is 111 cm³/mol. The maximum atomic E-state index is 12.2. The fourth-order valence-electron chi connectivity index (χ4n) is 2.53. The zero-order valence-corrected chi connectivity index (χ0v) is 17.3. The number of aromatic nitrogens is 6. The Kier molecular flexibility index (Phi) is 5.67. The molecule has 148 valence electrons. The van der Waals surface area contributed by atoms with Crippen LogP contribution in [0.4, 0.5) is 5.13 Å². The lowest BCUT2D eigenvalue weighted by Gasteiger charge is -2.05. The Balaban J connectivity index is 1.49. The summed E-state index contributed by atoms with van der Waals surface area (Å²) in [5.74, 6) is 0.726. The molecule has 3 aromatic heterocycles. The number of hydrogen-bond acceptors (Lipinski definition) is 9. The molecule has 11 heteroatoms. The van der Waals surface area contributed by atoms with E-state index < -0.39 is 0 Å². The predicted octanol–water partition coefficient (Wildman–Crippen LogP) is 2.94. The molecule has 0 spiro atoms. The molecule has 0 aliphatic heterocycles. The largest absolute Gasteiger partial charge is 0.497 e.